The molecule has 1 unspecified atom stereocenters. The topological polar surface area (TPSA) is 97.6 Å². The predicted molar refractivity (Wildman–Crippen MR) is 89.0 cm³/mol. The van der Waals surface area contributed by atoms with Gasteiger partial charge in [-0.2, -0.15) is 0 Å². The van der Waals surface area contributed by atoms with Gasteiger partial charge in [0.2, 0.25) is 0 Å². The summed E-state index contributed by atoms with van der Waals surface area (Å²) >= 11 is 0. The molecular weight excluding hydrogens is 324 g/mol. The Morgan fingerprint density at radius 2 is 2.12 bits per heavy atom. The molecule has 1 aromatic carbocycles. The summed E-state index contributed by atoms with van der Waals surface area (Å²) < 4.78 is 6.65. The lowest BCUT2D eigenvalue weighted by molar-refractivity contribution is -0.114. The third-order valence-corrected chi connectivity index (χ3v) is 3.73. The molecule has 1 amide bonds. The minimum Gasteiger partial charge on any atom is -0.389 e. The summed E-state index contributed by atoms with van der Waals surface area (Å²) in [6, 6.07) is 6.85. The third-order valence-electron chi connectivity index (χ3n) is 3.73. The summed E-state index contributed by atoms with van der Waals surface area (Å²) in [5.41, 5.74) is 1.50. The van der Waals surface area contributed by atoms with Gasteiger partial charge < -0.3 is 9.84 Å². The van der Waals surface area contributed by atoms with Gasteiger partial charge in [-0.1, -0.05) is 23.4 Å². The maximum atomic E-state index is 12.2. The number of carbonyl (C=O) groups excluding carboxylic acids is 2. The SMILES string of the molecule is C=CCOCC(O)Cn1cc(CN2C(=O)C(=O)c3ccccc32)nn1. The Labute approximate surface area is 144 Å². The van der Waals surface area contributed by atoms with E-state index in [4.69, 9.17) is 4.74 Å². The van der Waals surface area contributed by atoms with Crippen LogP contribution in [0.1, 0.15) is 16.1 Å². The number of aliphatic hydroxyl groups excluding tert-OH is 1. The van der Waals surface area contributed by atoms with Gasteiger partial charge in [0.15, 0.2) is 0 Å². The van der Waals surface area contributed by atoms with Gasteiger partial charge in [0.05, 0.1) is 49.9 Å². The van der Waals surface area contributed by atoms with Crippen molar-refractivity contribution in [2.24, 2.45) is 0 Å². The van der Waals surface area contributed by atoms with Crippen LogP contribution >= 0.6 is 0 Å². The van der Waals surface area contributed by atoms with Gasteiger partial charge in [-0.25, -0.2) is 4.68 Å². The molecule has 0 saturated heterocycles. The number of nitrogens with zero attached hydrogens (tertiary/aromatic N) is 4. The largest absolute Gasteiger partial charge is 0.389 e. The summed E-state index contributed by atoms with van der Waals surface area (Å²) in [6.45, 7) is 4.42. The predicted octanol–water partition coefficient (Wildman–Crippen LogP) is 0.571. The Morgan fingerprint density at radius 1 is 1.32 bits per heavy atom. The Balaban J connectivity index is 1.65. The number of aromatic nitrogens is 3. The van der Waals surface area contributed by atoms with E-state index >= 15 is 0 Å². The van der Waals surface area contributed by atoms with Crippen LogP contribution in [-0.2, 0) is 22.6 Å². The smallest absolute Gasteiger partial charge is 0.299 e. The molecule has 1 atom stereocenters. The molecule has 2 heterocycles. The van der Waals surface area contributed by atoms with Crippen LogP contribution in [0.2, 0.25) is 0 Å². The number of rotatable bonds is 8. The molecule has 8 nitrogen and oxygen atoms in total. The summed E-state index contributed by atoms with van der Waals surface area (Å²) in [5.74, 6) is -1.09. The normalized spacial score (nSPS) is 14.7. The third kappa shape index (κ3) is 3.65. The minimum absolute atomic E-state index is 0.143. The highest BCUT2D eigenvalue weighted by molar-refractivity contribution is 6.52. The first-order valence-corrected chi connectivity index (χ1v) is 7.81. The Kier molecular flexibility index (Phi) is 5.01. The molecule has 1 N–H and O–H groups in total. The van der Waals surface area contributed by atoms with Crippen molar-refractivity contribution in [2.45, 2.75) is 19.2 Å². The Morgan fingerprint density at radius 3 is 2.92 bits per heavy atom. The van der Waals surface area contributed by atoms with Crippen LogP contribution in [0.5, 0.6) is 0 Å². The number of fused-ring (bicyclic) bond motifs is 1. The molecule has 0 fully saturated rings. The zero-order valence-corrected chi connectivity index (χ0v) is 13.5. The highest BCUT2D eigenvalue weighted by atomic mass is 16.5. The van der Waals surface area contributed by atoms with Gasteiger partial charge in [0.25, 0.3) is 11.7 Å². The summed E-state index contributed by atoms with van der Waals surface area (Å²) in [5, 5.41) is 17.8. The number of Topliss-reactive ketones (excluding diaryl/α,β-unsaturated/α-hetero) is 1. The van der Waals surface area contributed by atoms with Crippen molar-refractivity contribution in [3.05, 3.63) is 54.4 Å². The van der Waals surface area contributed by atoms with Crippen LogP contribution in [0.15, 0.2) is 43.1 Å². The van der Waals surface area contributed by atoms with E-state index in [1.54, 1.807) is 36.5 Å². The van der Waals surface area contributed by atoms with Crippen molar-refractivity contribution in [2.75, 3.05) is 18.1 Å². The number of carbonyl (C=O) groups is 2. The van der Waals surface area contributed by atoms with E-state index in [1.165, 1.54) is 9.58 Å². The van der Waals surface area contributed by atoms with Gasteiger partial charge in [0.1, 0.15) is 5.69 Å². The van der Waals surface area contributed by atoms with Gasteiger partial charge in [-0.15, -0.1) is 11.7 Å². The second-order valence-corrected chi connectivity index (χ2v) is 5.65. The van der Waals surface area contributed by atoms with Crippen LogP contribution in [0, 0.1) is 0 Å². The molecule has 1 aliphatic heterocycles. The van der Waals surface area contributed by atoms with Crippen molar-refractivity contribution >= 4 is 17.4 Å². The minimum atomic E-state index is -0.731. The van der Waals surface area contributed by atoms with Gasteiger partial charge in [-0.05, 0) is 12.1 Å². The van der Waals surface area contributed by atoms with E-state index < -0.39 is 17.8 Å². The van der Waals surface area contributed by atoms with Gasteiger partial charge in [-0.3, -0.25) is 14.5 Å². The van der Waals surface area contributed by atoms with Crippen LogP contribution in [0.25, 0.3) is 0 Å². The maximum absolute atomic E-state index is 12.2. The molecule has 1 aromatic heterocycles. The fraction of sp³-hybridized carbons (Fsp3) is 0.294. The zero-order valence-electron chi connectivity index (χ0n) is 13.5. The van der Waals surface area contributed by atoms with Crippen LogP contribution < -0.4 is 4.90 Å². The van der Waals surface area contributed by atoms with E-state index in [1.807, 2.05) is 0 Å². The second-order valence-electron chi connectivity index (χ2n) is 5.65. The Hall–Kier alpha value is -2.84. The standard InChI is InChI=1S/C17H18N4O4/c1-2-7-25-11-13(22)10-20-8-12(18-19-20)9-21-15-6-4-3-5-14(15)16(23)17(21)24/h2-6,8,13,22H,1,7,9-11H2. The number of aliphatic hydroxyl groups is 1. The molecule has 0 aliphatic carbocycles. The second kappa shape index (κ2) is 7.37. The maximum Gasteiger partial charge on any atom is 0.299 e. The van der Waals surface area contributed by atoms with E-state index in [-0.39, 0.29) is 19.7 Å². The summed E-state index contributed by atoms with van der Waals surface area (Å²) in [4.78, 5) is 25.5. The van der Waals surface area contributed by atoms with Crippen molar-refractivity contribution in [3.63, 3.8) is 0 Å². The zero-order chi connectivity index (χ0) is 17.8. The lowest BCUT2D eigenvalue weighted by atomic mass is 10.1. The molecule has 0 spiro atoms. The number of para-hydroxylation sites is 1. The van der Waals surface area contributed by atoms with Crippen molar-refractivity contribution in [1.29, 1.82) is 0 Å². The van der Waals surface area contributed by atoms with Crippen LogP contribution in [0.4, 0.5) is 5.69 Å². The number of anilines is 1. The highest BCUT2D eigenvalue weighted by Gasteiger charge is 2.35. The number of benzene rings is 1. The van der Waals surface area contributed by atoms with E-state index in [0.717, 1.165) is 0 Å². The number of ether oxygens (including phenoxy) is 1. The highest BCUT2D eigenvalue weighted by Crippen LogP contribution is 2.29. The number of amides is 1. The van der Waals surface area contributed by atoms with Gasteiger partial charge >= 0.3 is 0 Å². The molecule has 3 rings (SSSR count). The van der Waals surface area contributed by atoms with E-state index in [2.05, 4.69) is 16.9 Å². The van der Waals surface area contributed by atoms with Gasteiger partial charge in [0, 0.05) is 0 Å². The molecule has 0 radical (unpaired) electrons. The van der Waals surface area contributed by atoms with Crippen molar-refractivity contribution in [3.8, 4) is 0 Å². The van der Waals surface area contributed by atoms with E-state index in [9.17, 15) is 14.7 Å². The molecule has 130 valence electrons. The molecular formula is C17H18N4O4. The van der Waals surface area contributed by atoms with Crippen LogP contribution in [0.3, 0.4) is 0 Å². The fourth-order valence-corrected chi connectivity index (χ4v) is 2.62. The van der Waals surface area contributed by atoms with Crippen molar-refractivity contribution in [1.82, 2.24) is 15.0 Å². The first-order valence-electron chi connectivity index (χ1n) is 7.81. The molecule has 1 aliphatic rings. The lowest BCUT2D eigenvalue weighted by Crippen LogP contribution is -2.29. The number of hydrogen-bond donors (Lipinski definition) is 1. The summed E-state index contributed by atoms with van der Waals surface area (Å²) in [6.07, 6.45) is 2.51. The average molecular weight is 342 g/mol. The monoisotopic (exact) mass is 342 g/mol. The molecule has 2 aromatic rings. The average Bonchev–Trinajstić information content (AvgIpc) is 3.14. The first-order chi connectivity index (χ1) is 12.1. The summed E-state index contributed by atoms with van der Waals surface area (Å²) in [7, 11) is 0. The fourth-order valence-electron chi connectivity index (χ4n) is 2.62. The molecule has 25 heavy (non-hydrogen) atoms. The number of ketones is 1. The van der Waals surface area contributed by atoms with Crippen LogP contribution in [-0.4, -0.2) is 51.1 Å². The number of hydrogen-bond acceptors (Lipinski definition) is 6. The quantitative estimate of drug-likeness (QED) is 0.428. The molecule has 8 heteroatoms. The molecule has 0 bridgehead atoms. The van der Waals surface area contributed by atoms with Crippen molar-refractivity contribution < 1.29 is 19.4 Å². The van der Waals surface area contributed by atoms with E-state index in [0.29, 0.717) is 23.6 Å². The lowest BCUT2D eigenvalue weighted by Gasteiger charge is -2.14. The molecule has 0 saturated carbocycles. The first kappa shape index (κ1) is 17.0. The Bertz CT molecular complexity index is 801.